The molecule has 0 heterocycles. The first-order valence-electron chi connectivity index (χ1n) is 5.88. The van der Waals surface area contributed by atoms with E-state index in [0.717, 1.165) is 6.42 Å². The van der Waals surface area contributed by atoms with E-state index >= 15 is 0 Å². The van der Waals surface area contributed by atoms with E-state index < -0.39 is 29.6 Å². The van der Waals surface area contributed by atoms with Gasteiger partial charge < -0.3 is 4.74 Å². The summed E-state index contributed by atoms with van der Waals surface area (Å²) < 4.78 is 40.6. The second kappa shape index (κ2) is 3.71. The van der Waals surface area contributed by atoms with Gasteiger partial charge in [0.2, 0.25) is 0 Å². The van der Waals surface area contributed by atoms with E-state index in [2.05, 4.69) is 4.74 Å². The number of hydrogen-bond acceptors (Lipinski definition) is 3. The van der Waals surface area contributed by atoms with Gasteiger partial charge in [0, 0.05) is 6.42 Å². The van der Waals surface area contributed by atoms with Crippen LogP contribution in [0.1, 0.15) is 33.1 Å². The van der Waals surface area contributed by atoms with Gasteiger partial charge in [0.05, 0.1) is 5.41 Å². The Morgan fingerprint density at radius 1 is 1.44 bits per heavy atom. The van der Waals surface area contributed by atoms with Crippen molar-refractivity contribution in [3.05, 3.63) is 0 Å². The molecule has 2 aliphatic rings. The molecule has 0 spiro atoms. The third-order valence-corrected chi connectivity index (χ3v) is 4.82. The minimum absolute atomic E-state index is 0.0706. The van der Waals surface area contributed by atoms with Crippen LogP contribution in [0.25, 0.3) is 0 Å². The highest BCUT2D eigenvalue weighted by Gasteiger charge is 2.65. The summed E-state index contributed by atoms with van der Waals surface area (Å²) in [6.45, 7) is 3.29. The van der Waals surface area contributed by atoms with Gasteiger partial charge in [-0.1, -0.05) is 13.8 Å². The summed E-state index contributed by atoms with van der Waals surface area (Å²) in [7, 11) is 0. The maximum absolute atomic E-state index is 12.1. The molecule has 3 nitrogen and oxygen atoms in total. The first-order chi connectivity index (χ1) is 8.11. The van der Waals surface area contributed by atoms with Crippen molar-refractivity contribution in [2.75, 3.05) is 6.61 Å². The fourth-order valence-corrected chi connectivity index (χ4v) is 3.38. The molecule has 2 aliphatic carbocycles. The largest absolute Gasteiger partial charge is 0.490 e. The summed E-state index contributed by atoms with van der Waals surface area (Å²) in [5, 5.41) is 0. The third-order valence-electron chi connectivity index (χ3n) is 4.82. The Labute approximate surface area is 103 Å². The minimum Gasteiger partial charge on any atom is -0.458 e. The van der Waals surface area contributed by atoms with E-state index in [4.69, 9.17) is 0 Å². The Balaban J connectivity index is 2.13. The molecule has 0 aromatic heterocycles. The zero-order valence-corrected chi connectivity index (χ0v) is 10.3. The molecule has 2 bridgehead atoms. The molecule has 0 aromatic carbocycles. The molecule has 2 saturated carbocycles. The average molecular weight is 264 g/mol. The summed E-state index contributed by atoms with van der Waals surface area (Å²) in [4.78, 5) is 22.7. The maximum atomic E-state index is 12.1. The Bertz CT molecular complexity index is 400. The van der Waals surface area contributed by atoms with E-state index in [1.54, 1.807) is 0 Å². The molecule has 2 unspecified atom stereocenters. The molecule has 0 aromatic rings. The average Bonchev–Trinajstić information content (AvgIpc) is 2.58. The van der Waals surface area contributed by atoms with Crippen LogP contribution in [0, 0.1) is 16.7 Å². The van der Waals surface area contributed by atoms with Crippen LogP contribution in [0.4, 0.5) is 13.2 Å². The number of alkyl halides is 3. The highest BCUT2D eigenvalue weighted by atomic mass is 19.4. The molecule has 102 valence electrons. The lowest BCUT2D eigenvalue weighted by molar-refractivity contribution is -0.204. The van der Waals surface area contributed by atoms with Gasteiger partial charge in [-0.05, 0) is 24.2 Å². The normalized spacial score (nSPS) is 33.8. The van der Waals surface area contributed by atoms with Crippen molar-refractivity contribution in [2.24, 2.45) is 16.7 Å². The molecule has 0 saturated heterocycles. The number of ketones is 1. The molecule has 2 rings (SSSR count). The molecule has 2 atom stereocenters. The van der Waals surface area contributed by atoms with Crippen molar-refractivity contribution in [1.82, 2.24) is 0 Å². The van der Waals surface area contributed by atoms with Crippen molar-refractivity contribution < 1.29 is 27.5 Å². The van der Waals surface area contributed by atoms with Crippen molar-refractivity contribution in [2.45, 2.75) is 39.3 Å². The number of carbonyl (C=O) groups is 2. The third kappa shape index (κ3) is 1.65. The quantitative estimate of drug-likeness (QED) is 0.720. The molecule has 18 heavy (non-hydrogen) atoms. The number of esters is 1. The number of fused-ring (bicyclic) bond motifs is 2. The molecular formula is C12H15F3O3. The highest BCUT2D eigenvalue weighted by molar-refractivity contribution is 5.90. The first-order valence-corrected chi connectivity index (χ1v) is 5.88. The van der Waals surface area contributed by atoms with Crippen LogP contribution < -0.4 is 0 Å². The van der Waals surface area contributed by atoms with Crippen molar-refractivity contribution in [1.29, 1.82) is 0 Å². The number of ether oxygens (including phenoxy) is 1. The lowest BCUT2D eigenvalue weighted by Crippen LogP contribution is -2.42. The molecule has 6 heteroatoms. The molecule has 2 fully saturated rings. The Morgan fingerprint density at radius 2 is 2.06 bits per heavy atom. The Kier molecular flexibility index (Phi) is 2.76. The van der Waals surface area contributed by atoms with E-state index in [9.17, 15) is 22.8 Å². The summed E-state index contributed by atoms with van der Waals surface area (Å²) in [5.41, 5.74) is -1.31. The van der Waals surface area contributed by atoms with Gasteiger partial charge in [0.1, 0.15) is 12.4 Å². The molecule has 0 aliphatic heterocycles. The second-order valence-electron chi connectivity index (χ2n) is 5.74. The zero-order valence-electron chi connectivity index (χ0n) is 10.3. The molecular weight excluding hydrogens is 249 g/mol. The van der Waals surface area contributed by atoms with Crippen molar-refractivity contribution in [3.8, 4) is 0 Å². The van der Waals surface area contributed by atoms with Crippen LogP contribution in [0.5, 0.6) is 0 Å². The number of carbonyl (C=O) groups excluding carboxylic acids is 2. The van der Waals surface area contributed by atoms with Crippen LogP contribution >= 0.6 is 0 Å². The summed E-state index contributed by atoms with van der Waals surface area (Å²) in [5.74, 6) is -2.09. The second-order valence-corrected chi connectivity index (χ2v) is 5.74. The van der Waals surface area contributed by atoms with E-state index in [-0.39, 0.29) is 11.7 Å². The van der Waals surface area contributed by atoms with Crippen LogP contribution in [-0.4, -0.2) is 24.5 Å². The van der Waals surface area contributed by atoms with Gasteiger partial charge in [-0.15, -0.1) is 0 Å². The summed E-state index contributed by atoms with van der Waals surface area (Å²) in [6.07, 6.45) is -3.30. The van der Waals surface area contributed by atoms with Gasteiger partial charge in [-0.2, -0.15) is 13.2 Å². The smallest absolute Gasteiger partial charge is 0.458 e. The molecule has 0 radical (unpaired) electrons. The topological polar surface area (TPSA) is 43.4 Å². The van der Waals surface area contributed by atoms with Crippen molar-refractivity contribution >= 4 is 11.8 Å². The van der Waals surface area contributed by atoms with Gasteiger partial charge in [-0.3, -0.25) is 4.79 Å². The lowest BCUT2D eigenvalue weighted by atomic mass is 9.69. The van der Waals surface area contributed by atoms with E-state index in [1.165, 1.54) is 0 Å². The van der Waals surface area contributed by atoms with Crippen LogP contribution in [0.15, 0.2) is 0 Å². The monoisotopic (exact) mass is 264 g/mol. The standard InChI is InChI=1S/C12H15F3O3/c1-10(2)7-3-4-11(10,8(16)5-7)6-18-9(17)12(13,14)15/h7H,3-6H2,1-2H3. The van der Waals surface area contributed by atoms with Crippen LogP contribution in [0.2, 0.25) is 0 Å². The lowest BCUT2D eigenvalue weighted by Gasteiger charge is -2.35. The Hall–Kier alpha value is -1.07. The predicted octanol–water partition coefficient (Wildman–Crippen LogP) is 2.49. The summed E-state index contributed by atoms with van der Waals surface area (Å²) in [6, 6.07) is 0. The van der Waals surface area contributed by atoms with Crippen LogP contribution in [0.3, 0.4) is 0 Å². The first kappa shape index (κ1) is 13.4. The summed E-state index contributed by atoms with van der Waals surface area (Å²) >= 11 is 0. The zero-order chi connectivity index (χ0) is 13.8. The van der Waals surface area contributed by atoms with E-state index in [0.29, 0.717) is 12.8 Å². The molecule has 0 N–H and O–H groups in total. The van der Waals surface area contributed by atoms with Gasteiger partial charge in [0.15, 0.2) is 0 Å². The number of halogens is 3. The number of hydrogen-bond donors (Lipinski definition) is 0. The maximum Gasteiger partial charge on any atom is 0.490 e. The molecule has 0 amide bonds. The SMILES string of the molecule is CC1(C)C2CCC1(COC(=O)C(F)(F)F)C(=O)C2. The fourth-order valence-electron chi connectivity index (χ4n) is 3.38. The number of rotatable bonds is 2. The Morgan fingerprint density at radius 3 is 2.44 bits per heavy atom. The van der Waals surface area contributed by atoms with Crippen LogP contribution in [-0.2, 0) is 14.3 Å². The fraction of sp³-hybridized carbons (Fsp3) is 0.833. The van der Waals surface area contributed by atoms with Gasteiger partial charge >= 0.3 is 12.1 Å². The number of Topliss-reactive ketones (excluding diaryl/α,β-unsaturated/α-hetero) is 1. The van der Waals surface area contributed by atoms with Gasteiger partial charge in [-0.25, -0.2) is 4.79 Å². The van der Waals surface area contributed by atoms with Crippen molar-refractivity contribution in [3.63, 3.8) is 0 Å². The predicted molar refractivity (Wildman–Crippen MR) is 55.6 cm³/mol. The van der Waals surface area contributed by atoms with E-state index in [1.807, 2.05) is 13.8 Å². The minimum atomic E-state index is -5.00. The highest BCUT2D eigenvalue weighted by Crippen LogP contribution is 2.63. The van der Waals surface area contributed by atoms with Gasteiger partial charge in [0.25, 0.3) is 0 Å².